The molecule has 0 aromatic heterocycles. The van der Waals surface area contributed by atoms with E-state index in [1.807, 2.05) is 0 Å². The molecule has 0 saturated heterocycles. The lowest BCUT2D eigenvalue weighted by Gasteiger charge is -2.18. The summed E-state index contributed by atoms with van der Waals surface area (Å²) in [6.07, 6.45) is 7.40. The highest BCUT2D eigenvalue weighted by Gasteiger charge is 2.22. The van der Waals surface area contributed by atoms with Gasteiger partial charge in [0.05, 0.1) is 0 Å². The minimum Gasteiger partial charge on any atom is -0.0628 e. The van der Waals surface area contributed by atoms with E-state index in [2.05, 4.69) is 27.7 Å². The van der Waals surface area contributed by atoms with E-state index in [0.29, 0.717) is 0 Å². The molecule has 78 valence electrons. The Balaban J connectivity index is 2.16. The zero-order valence-corrected chi connectivity index (χ0v) is 9.84. The second kappa shape index (κ2) is 5.02. The van der Waals surface area contributed by atoms with Gasteiger partial charge in [0.1, 0.15) is 0 Å². The standard InChI is InChI=1S/C13H26/c1-10(2)7-12(4)9-13-6-5-11(3)8-13/h10-13H,5-9H2,1-4H3. The predicted molar refractivity (Wildman–Crippen MR) is 59.7 cm³/mol. The van der Waals surface area contributed by atoms with Gasteiger partial charge in [0.2, 0.25) is 0 Å². The Hall–Kier alpha value is 0. The Morgan fingerprint density at radius 3 is 2.31 bits per heavy atom. The van der Waals surface area contributed by atoms with E-state index in [4.69, 9.17) is 0 Å². The predicted octanol–water partition coefficient (Wildman–Crippen LogP) is 4.49. The van der Waals surface area contributed by atoms with Crippen molar-refractivity contribution in [2.24, 2.45) is 23.7 Å². The van der Waals surface area contributed by atoms with Crippen LogP contribution in [0.15, 0.2) is 0 Å². The first kappa shape index (κ1) is 11.1. The van der Waals surface area contributed by atoms with Gasteiger partial charge in [-0.2, -0.15) is 0 Å². The maximum atomic E-state index is 2.43. The van der Waals surface area contributed by atoms with Gasteiger partial charge in [-0.15, -0.1) is 0 Å². The zero-order valence-electron chi connectivity index (χ0n) is 9.84. The minimum absolute atomic E-state index is 0.883. The van der Waals surface area contributed by atoms with E-state index in [0.717, 1.165) is 23.7 Å². The quantitative estimate of drug-likeness (QED) is 0.600. The monoisotopic (exact) mass is 182 g/mol. The van der Waals surface area contributed by atoms with Crippen molar-refractivity contribution in [1.29, 1.82) is 0 Å². The summed E-state index contributed by atoms with van der Waals surface area (Å²) in [6, 6.07) is 0. The molecule has 3 unspecified atom stereocenters. The SMILES string of the molecule is CC(C)CC(C)CC1CCC(C)C1. The minimum atomic E-state index is 0.883. The molecule has 13 heavy (non-hydrogen) atoms. The van der Waals surface area contributed by atoms with Crippen molar-refractivity contribution in [1.82, 2.24) is 0 Å². The highest BCUT2D eigenvalue weighted by atomic mass is 14.3. The molecule has 3 atom stereocenters. The second-order valence-electron chi connectivity index (χ2n) is 5.75. The number of rotatable bonds is 4. The highest BCUT2D eigenvalue weighted by molar-refractivity contribution is 4.74. The summed E-state index contributed by atoms with van der Waals surface area (Å²) < 4.78 is 0. The first-order chi connectivity index (χ1) is 6.08. The Labute approximate surface area is 84.1 Å². The molecule has 0 spiro atoms. The van der Waals surface area contributed by atoms with Gasteiger partial charge >= 0.3 is 0 Å². The second-order valence-corrected chi connectivity index (χ2v) is 5.75. The summed E-state index contributed by atoms with van der Waals surface area (Å²) in [4.78, 5) is 0. The normalized spacial score (nSPS) is 31.2. The molecule has 0 nitrogen and oxygen atoms in total. The third-order valence-corrected chi connectivity index (χ3v) is 3.41. The van der Waals surface area contributed by atoms with E-state index in [1.165, 1.54) is 32.1 Å². The van der Waals surface area contributed by atoms with Crippen LogP contribution < -0.4 is 0 Å². The first-order valence-electron chi connectivity index (χ1n) is 6.08. The molecule has 1 aliphatic rings. The molecule has 1 aliphatic carbocycles. The molecule has 0 aromatic carbocycles. The van der Waals surface area contributed by atoms with Gasteiger partial charge in [-0.05, 0) is 42.9 Å². The van der Waals surface area contributed by atoms with Crippen molar-refractivity contribution in [3.63, 3.8) is 0 Å². The summed E-state index contributed by atoms with van der Waals surface area (Å²) in [5, 5.41) is 0. The van der Waals surface area contributed by atoms with Crippen molar-refractivity contribution < 1.29 is 0 Å². The molecule has 1 saturated carbocycles. The third kappa shape index (κ3) is 4.15. The van der Waals surface area contributed by atoms with Crippen LogP contribution in [-0.4, -0.2) is 0 Å². The van der Waals surface area contributed by atoms with Crippen LogP contribution in [0.1, 0.15) is 59.8 Å². The van der Waals surface area contributed by atoms with Crippen LogP contribution in [-0.2, 0) is 0 Å². The molecule has 0 heteroatoms. The molecule has 0 radical (unpaired) electrons. The average Bonchev–Trinajstić information content (AvgIpc) is 2.33. The van der Waals surface area contributed by atoms with Crippen LogP contribution in [0.25, 0.3) is 0 Å². The van der Waals surface area contributed by atoms with E-state index in [9.17, 15) is 0 Å². The molecular weight excluding hydrogens is 156 g/mol. The Morgan fingerprint density at radius 1 is 1.15 bits per heavy atom. The van der Waals surface area contributed by atoms with Crippen molar-refractivity contribution in [3.8, 4) is 0 Å². The topological polar surface area (TPSA) is 0 Å². The summed E-state index contributed by atoms with van der Waals surface area (Å²) >= 11 is 0. The summed E-state index contributed by atoms with van der Waals surface area (Å²) in [7, 11) is 0. The van der Waals surface area contributed by atoms with Gasteiger partial charge in [-0.3, -0.25) is 0 Å². The van der Waals surface area contributed by atoms with Crippen molar-refractivity contribution >= 4 is 0 Å². The van der Waals surface area contributed by atoms with Crippen LogP contribution in [0.3, 0.4) is 0 Å². The van der Waals surface area contributed by atoms with Gasteiger partial charge in [-0.1, -0.05) is 40.5 Å². The Bertz CT molecular complexity index is 137. The van der Waals surface area contributed by atoms with Crippen LogP contribution >= 0.6 is 0 Å². The van der Waals surface area contributed by atoms with E-state index < -0.39 is 0 Å². The van der Waals surface area contributed by atoms with Gasteiger partial charge in [0.15, 0.2) is 0 Å². The molecular formula is C13H26. The van der Waals surface area contributed by atoms with Crippen LogP contribution in [0.2, 0.25) is 0 Å². The molecule has 1 rings (SSSR count). The maximum absolute atomic E-state index is 2.43. The van der Waals surface area contributed by atoms with Gasteiger partial charge in [0.25, 0.3) is 0 Å². The molecule has 1 fully saturated rings. The van der Waals surface area contributed by atoms with Crippen LogP contribution in [0.5, 0.6) is 0 Å². The van der Waals surface area contributed by atoms with Gasteiger partial charge < -0.3 is 0 Å². The fourth-order valence-corrected chi connectivity index (χ4v) is 3.01. The lowest BCUT2D eigenvalue weighted by atomic mass is 9.88. The van der Waals surface area contributed by atoms with Crippen molar-refractivity contribution in [3.05, 3.63) is 0 Å². The highest BCUT2D eigenvalue weighted by Crippen LogP contribution is 2.35. The lowest BCUT2D eigenvalue weighted by Crippen LogP contribution is -2.06. The summed E-state index contributed by atoms with van der Waals surface area (Å²) in [5.41, 5.74) is 0. The Kier molecular flexibility index (Phi) is 4.28. The zero-order chi connectivity index (χ0) is 9.84. The summed E-state index contributed by atoms with van der Waals surface area (Å²) in [6.45, 7) is 9.53. The molecule has 0 bridgehead atoms. The first-order valence-corrected chi connectivity index (χ1v) is 6.08. The third-order valence-electron chi connectivity index (χ3n) is 3.41. The average molecular weight is 182 g/mol. The molecule has 0 heterocycles. The molecule has 0 aromatic rings. The molecule has 0 aliphatic heterocycles. The molecule has 0 N–H and O–H groups in total. The van der Waals surface area contributed by atoms with Crippen molar-refractivity contribution in [2.45, 2.75) is 59.8 Å². The van der Waals surface area contributed by atoms with Gasteiger partial charge in [-0.25, -0.2) is 0 Å². The van der Waals surface area contributed by atoms with Crippen molar-refractivity contribution in [2.75, 3.05) is 0 Å². The maximum Gasteiger partial charge on any atom is -0.0409 e. The van der Waals surface area contributed by atoms with E-state index >= 15 is 0 Å². The van der Waals surface area contributed by atoms with Crippen LogP contribution in [0.4, 0.5) is 0 Å². The van der Waals surface area contributed by atoms with Crippen LogP contribution in [0, 0.1) is 23.7 Å². The molecule has 0 amide bonds. The van der Waals surface area contributed by atoms with Gasteiger partial charge in [0, 0.05) is 0 Å². The van der Waals surface area contributed by atoms with E-state index in [1.54, 1.807) is 0 Å². The fourth-order valence-electron chi connectivity index (χ4n) is 3.01. The number of hydrogen-bond donors (Lipinski definition) is 0. The largest absolute Gasteiger partial charge is 0.0628 e. The summed E-state index contributed by atoms with van der Waals surface area (Å²) in [5.74, 6) is 3.91. The Morgan fingerprint density at radius 2 is 1.85 bits per heavy atom. The van der Waals surface area contributed by atoms with E-state index in [-0.39, 0.29) is 0 Å². The fraction of sp³-hybridized carbons (Fsp3) is 1.00. The lowest BCUT2D eigenvalue weighted by molar-refractivity contribution is 0.339. The smallest absolute Gasteiger partial charge is 0.0409 e. The number of hydrogen-bond acceptors (Lipinski definition) is 0.